The van der Waals surface area contributed by atoms with Gasteiger partial charge in [-0.1, -0.05) is 12.1 Å². The van der Waals surface area contributed by atoms with Gasteiger partial charge in [0.2, 0.25) is 0 Å². The van der Waals surface area contributed by atoms with Crippen molar-refractivity contribution in [3.05, 3.63) is 69.9 Å². The van der Waals surface area contributed by atoms with Gasteiger partial charge in [-0.15, -0.1) is 0 Å². The highest BCUT2D eigenvalue weighted by atomic mass is 19.1. The van der Waals surface area contributed by atoms with Gasteiger partial charge in [-0.05, 0) is 43.7 Å². The predicted molar refractivity (Wildman–Crippen MR) is 82.5 cm³/mol. The summed E-state index contributed by atoms with van der Waals surface area (Å²) in [5, 5.41) is 3.77. The lowest BCUT2D eigenvalue weighted by molar-refractivity contribution is 0.0953. The molecule has 0 fully saturated rings. The van der Waals surface area contributed by atoms with Crippen LogP contribution in [0.2, 0.25) is 0 Å². The monoisotopic (exact) mass is 301 g/mol. The van der Waals surface area contributed by atoms with Crippen molar-refractivity contribution in [3.63, 3.8) is 0 Å². The van der Waals surface area contributed by atoms with Crippen LogP contribution in [0.5, 0.6) is 0 Å². The van der Waals surface area contributed by atoms with Crippen molar-refractivity contribution >= 4 is 12.1 Å². The number of hydrazone groups is 1. The van der Waals surface area contributed by atoms with Gasteiger partial charge in [-0.2, -0.15) is 5.10 Å². The molecular weight excluding hydrogens is 285 g/mol. The number of carbonyl (C=O) groups is 1. The molecule has 0 aliphatic carbocycles. The Morgan fingerprint density at radius 3 is 2.59 bits per heavy atom. The second-order valence-electron chi connectivity index (χ2n) is 4.98. The molecule has 1 heterocycles. The van der Waals surface area contributed by atoms with Gasteiger partial charge in [0.15, 0.2) is 0 Å². The van der Waals surface area contributed by atoms with Crippen molar-refractivity contribution in [1.29, 1.82) is 0 Å². The molecule has 1 amide bonds. The van der Waals surface area contributed by atoms with Crippen molar-refractivity contribution in [1.82, 2.24) is 9.99 Å². The van der Waals surface area contributed by atoms with Gasteiger partial charge in [0.1, 0.15) is 11.4 Å². The quantitative estimate of drug-likeness (QED) is 0.696. The maximum atomic E-state index is 12.8. The van der Waals surface area contributed by atoms with Crippen LogP contribution in [-0.2, 0) is 0 Å². The Hall–Kier alpha value is -2.76. The average molecular weight is 301 g/mol. The zero-order valence-corrected chi connectivity index (χ0v) is 12.3. The molecule has 6 heteroatoms. The Morgan fingerprint density at radius 1 is 1.27 bits per heavy atom. The molecular formula is C16H16FN3O2. The molecule has 0 radical (unpaired) electrons. The summed E-state index contributed by atoms with van der Waals surface area (Å²) in [5.41, 5.74) is 2.58. The van der Waals surface area contributed by atoms with Crippen LogP contribution in [0.1, 0.15) is 35.8 Å². The molecule has 0 unspecified atom stereocenters. The van der Waals surface area contributed by atoms with Gasteiger partial charge in [0.05, 0.1) is 6.21 Å². The molecule has 114 valence electrons. The van der Waals surface area contributed by atoms with E-state index in [1.807, 2.05) is 13.8 Å². The van der Waals surface area contributed by atoms with Gasteiger partial charge >= 0.3 is 0 Å². The van der Waals surface area contributed by atoms with E-state index in [9.17, 15) is 14.0 Å². The molecule has 22 heavy (non-hydrogen) atoms. The van der Waals surface area contributed by atoms with E-state index in [1.165, 1.54) is 41.1 Å². The number of pyridine rings is 1. The highest BCUT2D eigenvalue weighted by Gasteiger charge is 2.12. The fourth-order valence-electron chi connectivity index (χ4n) is 1.86. The lowest BCUT2D eigenvalue weighted by Gasteiger charge is -2.10. The van der Waals surface area contributed by atoms with E-state index in [0.717, 1.165) is 0 Å². The number of hydrogen-bond acceptors (Lipinski definition) is 3. The average Bonchev–Trinajstić information content (AvgIpc) is 2.49. The molecule has 1 aromatic heterocycles. The van der Waals surface area contributed by atoms with Crippen LogP contribution in [0.4, 0.5) is 4.39 Å². The van der Waals surface area contributed by atoms with Crippen LogP contribution < -0.4 is 11.0 Å². The highest BCUT2D eigenvalue weighted by Crippen LogP contribution is 2.02. The lowest BCUT2D eigenvalue weighted by atomic mass is 10.2. The van der Waals surface area contributed by atoms with Crippen LogP contribution in [0.15, 0.2) is 52.5 Å². The Morgan fingerprint density at radius 2 is 1.95 bits per heavy atom. The summed E-state index contributed by atoms with van der Waals surface area (Å²) >= 11 is 0. The van der Waals surface area contributed by atoms with E-state index >= 15 is 0 Å². The smallest absolute Gasteiger partial charge is 0.276 e. The second-order valence-corrected chi connectivity index (χ2v) is 4.98. The van der Waals surface area contributed by atoms with Gasteiger partial charge in [-0.3, -0.25) is 9.59 Å². The summed E-state index contributed by atoms with van der Waals surface area (Å²) in [6.45, 7) is 3.71. The van der Waals surface area contributed by atoms with Gasteiger partial charge in [0.25, 0.3) is 11.5 Å². The van der Waals surface area contributed by atoms with Crippen molar-refractivity contribution < 1.29 is 9.18 Å². The van der Waals surface area contributed by atoms with Crippen molar-refractivity contribution in [2.75, 3.05) is 0 Å². The molecule has 2 rings (SSSR count). The fraction of sp³-hybridized carbons (Fsp3) is 0.188. The predicted octanol–water partition coefficient (Wildman–Crippen LogP) is 2.33. The molecule has 0 aliphatic rings. The molecule has 1 N–H and O–H groups in total. The Kier molecular flexibility index (Phi) is 4.83. The molecule has 2 aromatic rings. The van der Waals surface area contributed by atoms with E-state index in [-0.39, 0.29) is 23.0 Å². The summed E-state index contributed by atoms with van der Waals surface area (Å²) in [7, 11) is 0. The number of nitrogens with one attached hydrogen (secondary N) is 1. The molecule has 0 bridgehead atoms. The Bertz CT molecular complexity index is 749. The van der Waals surface area contributed by atoms with Crippen molar-refractivity contribution in [2.24, 2.45) is 5.10 Å². The van der Waals surface area contributed by atoms with E-state index < -0.39 is 5.91 Å². The standard InChI is InChI=1S/C16H16FN3O2/c1-11(2)20-9-3-4-14(16(20)22)15(21)19-18-10-12-5-7-13(17)8-6-12/h3-11H,1-2H3,(H,19,21)/b18-10-. The van der Waals surface area contributed by atoms with Crippen LogP contribution in [0.3, 0.4) is 0 Å². The molecule has 5 nitrogen and oxygen atoms in total. The van der Waals surface area contributed by atoms with Gasteiger partial charge in [0, 0.05) is 12.2 Å². The van der Waals surface area contributed by atoms with E-state index in [2.05, 4.69) is 10.5 Å². The lowest BCUT2D eigenvalue weighted by Crippen LogP contribution is -2.31. The van der Waals surface area contributed by atoms with Crippen LogP contribution in [-0.4, -0.2) is 16.7 Å². The number of rotatable bonds is 4. The zero-order chi connectivity index (χ0) is 16.1. The van der Waals surface area contributed by atoms with E-state index in [4.69, 9.17) is 0 Å². The maximum Gasteiger partial charge on any atom is 0.276 e. The first kappa shape index (κ1) is 15.6. The SMILES string of the molecule is CC(C)n1cccc(C(=O)N/N=C\c2ccc(F)cc2)c1=O. The number of hydrogen-bond donors (Lipinski definition) is 1. The molecule has 1 aromatic carbocycles. The summed E-state index contributed by atoms with van der Waals surface area (Å²) in [5.74, 6) is -0.932. The highest BCUT2D eigenvalue weighted by molar-refractivity contribution is 5.94. The first-order valence-corrected chi connectivity index (χ1v) is 6.79. The third-order valence-corrected chi connectivity index (χ3v) is 3.03. The third kappa shape index (κ3) is 3.66. The minimum absolute atomic E-state index is 0.0208. The van der Waals surface area contributed by atoms with Crippen molar-refractivity contribution in [3.8, 4) is 0 Å². The van der Waals surface area contributed by atoms with E-state index in [0.29, 0.717) is 5.56 Å². The number of halogens is 1. The number of amides is 1. The molecule has 0 atom stereocenters. The summed E-state index contributed by atoms with van der Waals surface area (Å²) in [4.78, 5) is 24.1. The molecule has 0 saturated carbocycles. The first-order chi connectivity index (χ1) is 10.5. The number of nitrogens with zero attached hydrogens (tertiary/aromatic N) is 2. The van der Waals surface area contributed by atoms with Gasteiger partial charge < -0.3 is 4.57 Å². The van der Waals surface area contributed by atoms with Crippen LogP contribution in [0, 0.1) is 5.82 Å². The molecule has 0 aliphatic heterocycles. The number of benzene rings is 1. The molecule has 0 saturated heterocycles. The topological polar surface area (TPSA) is 63.5 Å². The fourth-order valence-corrected chi connectivity index (χ4v) is 1.86. The Labute approximate surface area is 127 Å². The molecule has 0 spiro atoms. The first-order valence-electron chi connectivity index (χ1n) is 6.79. The normalized spacial score (nSPS) is 11.1. The largest absolute Gasteiger partial charge is 0.312 e. The Balaban J connectivity index is 2.11. The summed E-state index contributed by atoms with van der Waals surface area (Å²) in [6.07, 6.45) is 3.01. The van der Waals surface area contributed by atoms with Crippen LogP contribution >= 0.6 is 0 Å². The maximum absolute atomic E-state index is 12.8. The van der Waals surface area contributed by atoms with Crippen LogP contribution in [0.25, 0.3) is 0 Å². The number of carbonyl (C=O) groups excluding carboxylic acids is 1. The van der Waals surface area contributed by atoms with Crippen molar-refractivity contribution in [2.45, 2.75) is 19.9 Å². The summed E-state index contributed by atoms with van der Waals surface area (Å²) in [6, 6.07) is 8.69. The summed E-state index contributed by atoms with van der Waals surface area (Å²) < 4.78 is 14.2. The minimum atomic E-state index is -0.585. The minimum Gasteiger partial charge on any atom is -0.312 e. The third-order valence-electron chi connectivity index (χ3n) is 3.03. The number of aromatic nitrogens is 1. The van der Waals surface area contributed by atoms with Gasteiger partial charge in [-0.25, -0.2) is 9.82 Å². The van der Waals surface area contributed by atoms with E-state index in [1.54, 1.807) is 12.3 Å². The zero-order valence-electron chi connectivity index (χ0n) is 12.3. The second kappa shape index (κ2) is 6.80.